The highest BCUT2D eigenvalue weighted by Crippen LogP contribution is 2.33. The molecule has 1 unspecified atom stereocenters. The Morgan fingerprint density at radius 3 is 2.78 bits per heavy atom. The Morgan fingerprint density at radius 2 is 2.17 bits per heavy atom. The van der Waals surface area contributed by atoms with E-state index in [-0.39, 0.29) is 6.10 Å². The topological polar surface area (TPSA) is 42.4 Å². The fourth-order valence-electron chi connectivity index (χ4n) is 1.57. The predicted octanol–water partition coefficient (Wildman–Crippen LogP) is 3.77. The molecule has 2 rings (SSSR count). The minimum Gasteiger partial charge on any atom is -0.489 e. The largest absolute Gasteiger partial charge is 0.489 e. The molecule has 3 nitrogen and oxygen atoms in total. The van der Waals surface area contributed by atoms with Crippen molar-refractivity contribution in [3.63, 3.8) is 0 Å². The molecule has 2 heterocycles. The molecule has 0 aromatic carbocycles. The van der Waals surface area contributed by atoms with Crippen molar-refractivity contribution in [3.05, 3.63) is 44.8 Å². The number of thiophene rings is 1. The van der Waals surface area contributed by atoms with Gasteiger partial charge in [0.05, 0.1) is 17.2 Å². The van der Waals surface area contributed by atoms with Gasteiger partial charge in [-0.05, 0) is 47.3 Å². The van der Waals surface area contributed by atoms with Crippen LogP contribution in [0.25, 0.3) is 0 Å². The number of aromatic nitrogens is 1. The van der Waals surface area contributed by atoms with Gasteiger partial charge in [0.2, 0.25) is 0 Å². The molecule has 0 aliphatic carbocycles. The zero-order valence-corrected chi connectivity index (χ0v) is 12.5. The van der Waals surface area contributed by atoms with E-state index >= 15 is 0 Å². The molecule has 0 saturated carbocycles. The van der Waals surface area contributed by atoms with E-state index in [4.69, 9.17) is 4.74 Å². The molecule has 0 radical (unpaired) electrons. The monoisotopic (exact) mass is 327 g/mol. The first-order valence-electron chi connectivity index (χ1n) is 5.60. The van der Waals surface area contributed by atoms with Crippen LogP contribution in [0.4, 0.5) is 0 Å². The second kappa shape index (κ2) is 5.82. The van der Waals surface area contributed by atoms with Crippen molar-refractivity contribution in [1.82, 2.24) is 4.98 Å². The van der Waals surface area contributed by atoms with E-state index in [1.165, 1.54) is 11.3 Å². The number of hydrogen-bond donors (Lipinski definition) is 1. The lowest BCUT2D eigenvalue weighted by molar-refractivity contribution is 0.218. The summed E-state index contributed by atoms with van der Waals surface area (Å²) in [6.07, 6.45) is 2.72. The number of ether oxygens (including phenoxy) is 1. The normalized spacial score (nSPS) is 12.7. The molecule has 0 aliphatic heterocycles. The fourth-order valence-corrected chi connectivity index (χ4v) is 3.17. The summed E-state index contributed by atoms with van der Waals surface area (Å²) in [4.78, 5) is 4.98. The van der Waals surface area contributed by atoms with E-state index in [9.17, 15) is 5.11 Å². The molecule has 0 aliphatic rings. The van der Waals surface area contributed by atoms with Gasteiger partial charge in [0.25, 0.3) is 0 Å². The van der Waals surface area contributed by atoms with E-state index in [1.54, 1.807) is 12.4 Å². The van der Waals surface area contributed by atoms with Crippen molar-refractivity contribution in [2.45, 2.75) is 26.1 Å². The van der Waals surface area contributed by atoms with Gasteiger partial charge in [0.15, 0.2) is 0 Å². The number of hydrogen-bond acceptors (Lipinski definition) is 4. The Bertz CT molecular complexity index is 527. The van der Waals surface area contributed by atoms with Gasteiger partial charge in [-0.2, -0.15) is 0 Å². The smallest absolute Gasteiger partial charge is 0.138 e. The lowest BCUT2D eigenvalue weighted by Gasteiger charge is -2.13. The van der Waals surface area contributed by atoms with Crippen LogP contribution in [0.5, 0.6) is 5.75 Å². The highest BCUT2D eigenvalue weighted by Gasteiger charge is 2.16. The Labute approximate surface area is 119 Å². The van der Waals surface area contributed by atoms with Crippen molar-refractivity contribution in [2.75, 3.05) is 0 Å². The fraction of sp³-hybridized carbons (Fsp3) is 0.308. The zero-order valence-electron chi connectivity index (χ0n) is 10.1. The Hall–Kier alpha value is -0.910. The number of rotatable bonds is 4. The second-order valence-electron chi connectivity index (χ2n) is 4.16. The SMILES string of the molecule is CC(C)Oc1cncc(C(O)c2sccc2Br)c1. The van der Waals surface area contributed by atoms with E-state index < -0.39 is 6.10 Å². The molecular weight excluding hydrogens is 314 g/mol. The van der Waals surface area contributed by atoms with Crippen molar-refractivity contribution in [2.24, 2.45) is 0 Å². The molecule has 2 aromatic heterocycles. The molecule has 18 heavy (non-hydrogen) atoms. The summed E-state index contributed by atoms with van der Waals surface area (Å²) in [5.41, 5.74) is 0.733. The highest BCUT2D eigenvalue weighted by atomic mass is 79.9. The average Bonchev–Trinajstić information content (AvgIpc) is 2.74. The molecule has 2 aromatic rings. The molecule has 1 N–H and O–H groups in total. The molecule has 96 valence electrons. The maximum atomic E-state index is 10.3. The second-order valence-corrected chi connectivity index (χ2v) is 5.96. The van der Waals surface area contributed by atoms with Gasteiger partial charge in [-0.1, -0.05) is 0 Å². The van der Waals surface area contributed by atoms with Crippen molar-refractivity contribution >= 4 is 27.3 Å². The van der Waals surface area contributed by atoms with Crippen LogP contribution in [0, 0.1) is 0 Å². The first kappa shape index (κ1) is 13.5. The molecule has 0 amide bonds. The van der Waals surface area contributed by atoms with E-state index in [2.05, 4.69) is 20.9 Å². The van der Waals surface area contributed by atoms with Crippen LogP contribution >= 0.6 is 27.3 Å². The first-order chi connectivity index (χ1) is 8.58. The number of aliphatic hydroxyl groups excluding tert-OH is 1. The van der Waals surface area contributed by atoms with Gasteiger partial charge in [-0.25, -0.2) is 0 Å². The number of nitrogens with zero attached hydrogens (tertiary/aromatic N) is 1. The molecule has 5 heteroatoms. The molecule has 0 spiro atoms. The van der Waals surface area contributed by atoms with Crippen LogP contribution in [-0.2, 0) is 0 Å². The van der Waals surface area contributed by atoms with E-state index in [0.29, 0.717) is 5.75 Å². The van der Waals surface area contributed by atoms with E-state index in [1.807, 2.05) is 31.4 Å². The third-order valence-electron chi connectivity index (χ3n) is 2.31. The van der Waals surface area contributed by atoms with Gasteiger partial charge >= 0.3 is 0 Å². The summed E-state index contributed by atoms with van der Waals surface area (Å²) in [7, 11) is 0. The first-order valence-corrected chi connectivity index (χ1v) is 7.27. The van der Waals surface area contributed by atoms with Crippen LogP contribution in [-0.4, -0.2) is 16.2 Å². The highest BCUT2D eigenvalue weighted by molar-refractivity contribution is 9.10. The summed E-state index contributed by atoms with van der Waals surface area (Å²) >= 11 is 4.93. The number of pyridine rings is 1. The van der Waals surface area contributed by atoms with Crippen LogP contribution in [0.1, 0.15) is 30.4 Å². The molecule has 0 saturated heterocycles. The Morgan fingerprint density at radius 1 is 1.39 bits per heavy atom. The molecule has 0 bridgehead atoms. The minimum absolute atomic E-state index is 0.0904. The van der Waals surface area contributed by atoms with Gasteiger partial charge in [-0.15, -0.1) is 11.3 Å². The van der Waals surface area contributed by atoms with Crippen LogP contribution in [0.2, 0.25) is 0 Å². The molecular formula is C13H14BrNO2S. The number of halogens is 1. The van der Waals surface area contributed by atoms with Crippen LogP contribution in [0.3, 0.4) is 0 Å². The van der Waals surface area contributed by atoms with Crippen LogP contribution in [0.15, 0.2) is 34.4 Å². The Balaban J connectivity index is 2.25. The zero-order chi connectivity index (χ0) is 13.1. The summed E-state index contributed by atoms with van der Waals surface area (Å²) in [5.74, 6) is 0.675. The lowest BCUT2D eigenvalue weighted by Crippen LogP contribution is -2.07. The standard InChI is InChI=1S/C13H14BrNO2S/c1-8(2)17-10-5-9(6-15-7-10)12(16)13-11(14)3-4-18-13/h3-8,12,16H,1-2H3. The maximum Gasteiger partial charge on any atom is 0.138 e. The van der Waals surface area contributed by atoms with Crippen molar-refractivity contribution in [3.8, 4) is 5.75 Å². The quantitative estimate of drug-likeness (QED) is 0.929. The summed E-state index contributed by atoms with van der Waals surface area (Å²) in [6, 6.07) is 3.74. The van der Waals surface area contributed by atoms with Crippen molar-refractivity contribution in [1.29, 1.82) is 0 Å². The van der Waals surface area contributed by atoms with E-state index in [0.717, 1.165) is 14.9 Å². The Kier molecular flexibility index (Phi) is 4.37. The number of aliphatic hydroxyl groups is 1. The molecule has 1 atom stereocenters. The van der Waals surface area contributed by atoms with Crippen molar-refractivity contribution < 1.29 is 9.84 Å². The third kappa shape index (κ3) is 3.10. The van der Waals surface area contributed by atoms with Gasteiger partial charge in [0.1, 0.15) is 11.9 Å². The summed E-state index contributed by atoms with van der Waals surface area (Å²) in [6.45, 7) is 3.91. The van der Waals surface area contributed by atoms with Gasteiger partial charge in [0, 0.05) is 16.2 Å². The minimum atomic E-state index is -0.678. The van der Waals surface area contributed by atoms with Crippen LogP contribution < -0.4 is 4.74 Å². The predicted molar refractivity (Wildman–Crippen MR) is 76.1 cm³/mol. The van der Waals surface area contributed by atoms with Gasteiger partial charge in [-0.3, -0.25) is 4.98 Å². The summed E-state index contributed by atoms with van der Waals surface area (Å²) < 4.78 is 6.48. The average molecular weight is 328 g/mol. The summed E-state index contributed by atoms with van der Waals surface area (Å²) in [5, 5.41) is 12.2. The lowest BCUT2D eigenvalue weighted by atomic mass is 10.1. The third-order valence-corrected chi connectivity index (χ3v) is 4.24. The molecule has 0 fully saturated rings. The maximum absolute atomic E-state index is 10.3. The van der Waals surface area contributed by atoms with Gasteiger partial charge < -0.3 is 9.84 Å².